The van der Waals surface area contributed by atoms with Crippen molar-refractivity contribution in [3.8, 4) is 5.75 Å². The van der Waals surface area contributed by atoms with Crippen molar-refractivity contribution in [3.05, 3.63) is 27.9 Å². The Morgan fingerprint density at radius 2 is 1.95 bits per heavy atom. The average Bonchev–Trinajstić information content (AvgIpc) is 2.80. The fourth-order valence-corrected chi connectivity index (χ4v) is 1.95. The predicted octanol–water partition coefficient (Wildman–Crippen LogP) is 2.81. The molecule has 3 N–H and O–H groups in total. The number of rotatable bonds is 4. The summed E-state index contributed by atoms with van der Waals surface area (Å²) in [6, 6.07) is 2.35. The van der Waals surface area contributed by atoms with E-state index >= 15 is 0 Å². The summed E-state index contributed by atoms with van der Waals surface area (Å²) < 4.78 is 32.8. The van der Waals surface area contributed by atoms with Gasteiger partial charge in [-0.1, -0.05) is 23.2 Å². The van der Waals surface area contributed by atoms with Gasteiger partial charge in [0.15, 0.2) is 5.75 Å². The zero-order valence-corrected chi connectivity index (χ0v) is 11.5. The fourth-order valence-electron chi connectivity index (χ4n) is 1.38. The number of carbonyl (C=O) groups excluding carboxylic acids is 1. The van der Waals surface area contributed by atoms with Gasteiger partial charge in [-0.2, -0.15) is 8.78 Å². The number of nitrogen functional groups attached to an aromatic ring is 1. The molecule has 112 valence electrons. The molecule has 0 aliphatic heterocycles. The molecular weight excluding hydrogens is 333 g/mol. The first-order valence-electron chi connectivity index (χ1n) is 5.21. The summed E-state index contributed by atoms with van der Waals surface area (Å²) in [5.74, 6) is -1.33. The molecule has 0 spiro atoms. The molecule has 11 heteroatoms. The topological polar surface area (TPSA) is 103 Å². The van der Waals surface area contributed by atoms with Crippen LogP contribution in [0.15, 0.2) is 16.8 Å². The van der Waals surface area contributed by atoms with Crippen molar-refractivity contribution < 1.29 is 22.9 Å². The molecule has 2 aromatic rings. The number of carbonyl (C=O) groups is 1. The van der Waals surface area contributed by atoms with Crippen LogP contribution in [0.5, 0.6) is 5.75 Å². The van der Waals surface area contributed by atoms with Gasteiger partial charge in [0.05, 0.1) is 10.0 Å². The first-order chi connectivity index (χ1) is 9.88. The lowest BCUT2D eigenvalue weighted by Gasteiger charge is -2.11. The van der Waals surface area contributed by atoms with Gasteiger partial charge in [-0.25, -0.2) is 4.63 Å². The van der Waals surface area contributed by atoms with Gasteiger partial charge in [0, 0.05) is 5.69 Å². The first-order valence-corrected chi connectivity index (χ1v) is 5.97. The van der Waals surface area contributed by atoms with Crippen LogP contribution in [0.2, 0.25) is 10.0 Å². The van der Waals surface area contributed by atoms with Crippen LogP contribution >= 0.6 is 23.2 Å². The van der Waals surface area contributed by atoms with Gasteiger partial charge < -0.3 is 15.8 Å². The minimum Gasteiger partial charge on any atom is -0.432 e. The second kappa shape index (κ2) is 6.10. The van der Waals surface area contributed by atoms with E-state index in [1.54, 1.807) is 0 Å². The standard InChI is InChI=1S/C10H6Cl2F2N4O3/c11-4-1-3(2-5(12)7(4)20-10(13)14)16-9(19)6-8(15)18-21-17-6/h1-2,10H,(H2,15,18)(H,16,19). The zero-order chi connectivity index (χ0) is 15.6. The van der Waals surface area contributed by atoms with Gasteiger partial charge in [0.2, 0.25) is 11.5 Å². The molecule has 1 aromatic carbocycles. The third-order valence-corrected chi connectivity index (χ3v) is 2.75. The Hall–Kier alpha value is -2.13. The third-order valence-electron chi connectivity index (χ3n) is 2.19. The van der Waals surface area contributed by atoms with Crippen molar-refractivity contribution in [2.45, 2.75) is 6.61 Å². The lowest BCUT2D eigenvalue weighted by Crippen LogP contribution is -2.14. The van der Waals surface area contributed by atoms with Crippen molar-refractivity contribution in [2.75, 3.05) is 11.1 Å². The molecule has 0 unspecified atom stereocenters. The normalized spacial score (nSPS) is 10.7. The quantitative estimate of drug-likeness (QED) is 0.888. The van der Waals surface area contributed by atoms with Gasteiger partial charge in [-0.15, -0.1) is 0 Å². The van der Waals surface area contributed by atoms with E-state index in [-0.39, 0.29) is 27.2 Å². The number of nitrogens with one attached hydrogen (secondary N) is 1. The Morgan fingerprint density at radius 3 is 2.43 bits per heavy atom. The molecule has 0 saturated carbocycles. The number of alkyl halides is 2. The molecule has 0 aliphatic carbocycles. The summed E-state index contributed by atoms with van der Waals surface area (Å²) in [5.41, 5.74) is 5.23. The molecule has 0 aliphatic rings. The molecule has 2 rings (SSSR count). The van der Waals surface area contributed by atoms with Crippen LogP contribution in [0, 0.1) is 0 Å². The van der Waals surface area contributed by atoms with Crippen LogP contribution in [0.25, 0.3) is 0 Å². The molecule has 7 nitrogen and oxygen atoms in total. The minimum absolute atomic E-state index is 0.124. The van der Waals surface area contributed by atoms with E-state index in [1.807, 2.05) is 0 Å². The highest BCUT2D eigenvalue weighted by Crippen LogP contribution is 2.37. The first kappa shape index (κ1) is 15.3. The van der Waals surface area contributed by atoms with E-state index in [0.717, 1.165) is 0 Å². The zero-order valence-electron chi connectivity index (χ0n) is 9.94. The Balaban J connectivity index is 2.22. The molecule has 0 radical (unpaired) electrons. The number of nitrogens with two attached hydrogens (primary N) is 1. The number of benzene rings is 1. The largest absolute Gasteiger partial charge is 0.432 e. The summed E-state index contributed by atoms with van der Waals surface area (Å²) in [6.45, 7) is -3.08. The van der Waals surface area contributed by atoms with Crippen LogP contribution in [0.1, 0.15) is 10.5 Å². The number of amides is 1. The summed E-state index contributed by atoms with van der Waals surface area (Å²) in [5, 5.41) is 8.48. The second-order valence-corrected chi connectivity index (χ2v) is 4.41. The van der Waals surface area contributed by atoms with Crippen LogP contribution in [-0.4, -0.2) is 22.8 Å². The summed E-state index contributed by atoms with van der Waals surface area (Å²) in [7, 11) is 0. The second-order valence-electron chi connectivity index (χ2n) is 3.60. The predicted molar refractivity (Wildman–Crippen MR) is 69.8 cm³/mol. The summed E-state index contributed by atoms with van der Waals surface area (Å²) in [4.78, 5) is 11.8. The third kappa shape index (κ3) is 3.50. The molecular formula is C10H6Cl2F2N4O3. The lowest BCUT2D eigenvalue weighted by molar-refractivity contribution is -0.0497. The minimum atomic E-state index is -3.08. The van der Waals surface area contributed by atoms with Crippen molar-refractivity contribution in [1.82, 2.24) is 10.3 Å². The maximum absolute atomic E-state index is 12.2. The molecule has 0 bridgehead atoms. The van der Waals surface area contributed by atoms with Gasteiger partial charge in [0.1, 0.15) is 0 Å². The van der Waals surface area contributed by atoms with E-state index in [1.165, 1.54) is 12.1 Å². The maximum atomic E-state index is 12.2. The van der Waals surface area contributed by atoms with Gasteiger partial charge in [-0.05, 0) is 22.4 Å². The molecule has 1 amide bonds. The number of aromatic nitrogens is 2. The Kier molecular flexibility index (Phi) is 4.43. The molecule has 1 aromatic heterocycles. The fraction of sp³-hybridized carbons (Fsp3) is 0.100. The molecule has 21 heavy (non-hydrogen) atoms. The van der Waals surface area contributed by atoms with E-state index in [2.05, 4.69) is 25.0 Å². The van der Waals surface area contributed by atoms with Crippen molar-refractivity contribution in [3.63, 3.8) is 0 Å². The van der Waals surface area contributed by atoms with E-state index in [4.69, 9.17) is 28.9 Å². The van der Waals surface area contributed by atoms with Gasteiger partial charge >= 0.3 is 6.61 Å². The summed E-state index contributed by atoms with van der Waals surface area (Å²) >= 11 is 11.5. The number of hydrogen-bond donors (Lipinski definition) is 2. The molecule has 1 heterocycles. The highest BCUT2D eigenvalue weighted by molar-refractivity contribution is 6.37. The number of halogens is 4. The average molecular weight is 339 g/mol. The van der Waals surface area contributed by atoms with E-state index < -0.39 is 18.3 Å². The Bertz CT molecular complexity index is 657. The Morgan fingerprint density at radius 1 is 1.33 bits per heavy atom. The van der Waals surface area contributed by atoms with Crippen LogP contribution in [0.3, 0.4) is 0 Å². The number of ether oxygens (including phenoxy) is 1. The highest BCUT2D eigenvalue weighted by atomic mass is 35.5. The van der Waals surface area contributed by atoms with Crippen molar-refractivity contribution in [2.24, 2.45) is 0 Å². The van der Waals surface area contributed by atoms with Crippen LogP contribution in [0.4, 0.5) is 20.3 Å². The van der Waals surface area contributed by atoms with E-state index in [9.17, 15) is 13.6 Å². The number of anilines is 2. The lowest BCUT2D eigenvalue weighted by atomic mass is 10.3. The van der Waals surface area contributed by atoms with Crippen LogP contribution in [-0.2, 0) is 0 Å². The number of nitrogens with zero attached hydrogens (tertiary/aromatic N) is 2. The SMILES string of the molecule is Nc1nonc1C(=O)Nc1cc(Cl)c(OC(F)F)c(Cl)c1. The van der Waals surface area contributed by atoms with Crippen molar-refractivity contribution in [1.29, 1.82) is 0 Å². The smallest absolute Gasteiger partial charge is 0.387 e. The number of hydrogen-bond acceptors (Lipinski definition) is 6. The molecule has 0 atom stereocenters. The van der Waals surface area contributed by atoms with Gasteiger partial charge in [-0.3, -0.25) is 4.79 Å². The van der Waals surface area contributed by atoms with Crippen molar-refractivity contribution >= 4 is 40.6 Å². The monoisotopic (exact) mass is 338 g/mol. The van der Waals surface area contributed by atoms with Crippen LogP contribution < -0.4 is 15.8 Å². The highest BCUT2D eigenvalue weighted by Gasteiger charge is 2.19. The molecule has 0 saturated heterocycles. The maximum Gasteiger partial charge on any atom is 0.387 e. The van der Waals surface area contributed by atoms with Gasteiger partial charge in [0.25, 0.3) is 5.91 Å². The molecule has 0 fully saturated rings. The van der Waals surface area contributed by atoms with E-state index in [0.29, 0.717) is 0 Å². The summed E-state index contributed by atoms with van der Waals surface area (Å²) in [6.07, 6.45) is 0. The Labute approximate surface area is 125 Å².